The van der Waals surface area contributed by atoms with E-state index < -0.39 is 0 Å². The van der Waals surface area contributed by atoms with Gasteiger partial charge in [0.2, 0.25) is 5.91 Å². The van der Waals surface area contributed by atoms with Crippen LogP contribution in [0.3, 0.4) is 0 Å². The van der Waals surface area contributed by atoms with Gasteiger partial charge in [-0.05, 0) is 18.6 Å². The lowest BCUT2D eigenvalue weighted by Crippen LogP contribution is -2.16. The second-order valence-corrected chi connectivity index (χ2v) is 5.42. The molecule has 0 aliphatic heterocycles. The topological polar surface area (TPSA) is 59.9 Å². The molecule has 128 valence electrons. The minimum atomic E-state index is -0.0516. The molecule has 0 radical (unpaired) electrons. The van der Waals surface area contributed by atoms with Crippen LogP contribution in [-0.4, -0.2) is 26.3 Å². The fraction of sp³-hybridized carbons (Fsp3) is 0.556. The summed E-state index contributed by atoms with van der Waals surface area (Å²) in [6, 6.07) is 5.43. The maximum atomic E-state index is 11.7. The second kappa shape index (κ2) is 11.5. The highest BCUT2D eigenvalue weighted by Crippen LogP contribution is 2.22. The number of nitrogens with one attached hydrogen (secondary N) is 1. The van der Waals surface area contributed by atoms with Crippen molar-refractivity contribution in [3.63, 3.8) is 0 Å². The molecule has 1 aromatic carbocycles. The molecule has 0 heterocycles. The summed E-state index contributed by atoms with van der Waals surface area (Å²) in [6.07, 6.45) is 9.09. The van der Waals surface area contributed by atoms with Crippen molar-refractivity contribution in [2.75, 3.05) is 14.2 Å². The molecule has 0 saturated carbocycles. The van der Waals surface area contributed by atoms with Crippen LogP contribution in [0.15, 0.2) is 23.3 Å². The van der Waals surface area contributed by atoms with Gasteiger partial charge in [-0.15, -0.1) is 0 Å². The van der Waals surface area contributed by atoms with Crippen LogP contribution in [0.2, 0.25) is 0 Å². The van der Waals surface area contributed by atoms with Gasteiger partial charge in [0.05, 0.1) is 20.4 Å². The summed E-state index contributed by atoms with van der Waals surface area (Å²) in [5.41, 5.74) is 3.34. The minimum absolute atomic E-state index is 0.0516. The maximum Gasteiger partial charge on any atom is 0.240 e. The third-order valence-electron chi connectivity index (χ3n) is 3.59. The molecular weight excluding hydrogens is 292 g/mol. The zero-order valence-electron chi connectivity index (χ0n) is 14.4. The van der Waals surface area contributed by atoms with Crippen LogP contribution in [-0.2, 0) is 4.79 Å². The monoisotopic (exact) mass is 320 g/mol. The van der Waals surface area contributed by atoms with Crippen LogP contribution in [0.4, 0.5) is 0 Å². The number of benzene rings is 1. The van der Waals surface area contributed by atoms with Gasteiger partial charge in [-0.2, -0.15) is 5.10 Å². The van der Waals surface area contributed by atoms with Crippen molar-refractivity contribution in [3.8, 4) is 11.5 Å². The number of amides is 1. The smallest absolute Gasteiger partial charge is 0.240 e. The summed E-state index contributed by atoms with van der Waals surface area (Å²) in [5.74, 6) is 1.31. The Kier molecular flexibility index (Phi) is 9.52. The van der Waals surface area contributed by atoms with Gasteiger partial charge in [0.15, 0.2) is 0 Å². The molecule has 23 heavy (non-hydrogen) atoms. The molecule has 0 spiro atoms. The van der Waals surface area contributed by atoms with Crippen molar-refractivity contribution in [2.24, 2.45) is 5.10 Å². The van der Waals surface area contributed by atoms with Gasteiger partial charge in [-0.25, -0.2) is 5.43 Å². The fourth-order valence-electron chi connectivity index (χ4n) is 2.22. The number of ether oxygens (including phenoxy) is 2. The summed E-state index contributed by atoms with van der Waals surface area (Å²) >= 11 is 0. The Labute approximate surface area is 139 Å². The van der Waals surface area contributed by atoms with Crippen molar-refractivity contribution in [3.05, 3.63) is 23.8 Å². The van der Waals surface area contributed by atoms with Gasteiger partial charge >= 0.3 is 0 Å². The van der Waals surface area contributed by atoms with Gasteiger partial charge in [-0.1, -0.05) is 39.0 Å². The van der Waals surface area contributed by atoms with Crippen LogP contribution in [0, 0.1) is 0 Å². The first-order valence-electron chi connectivity index (χ1n) is 8.25. The number of hydrogen-bond acceptors (Lipinski definition) is 4. The first kappa shape index (κ1) is 19.0. The van der Waals surface area contributed by atoms with E-state index in [1.165, 1.54) is 25.7 Å². The summed E-state index contributed by atoms with van der Waals surface area (Å²) in [5, 5.41) is 3.99. The van der Waals surface area contributed by atoms with Gasteiger partial charge < -0.3 is 9.47 Å². The molecule has 1 N–H and O–H groups in total. The second-order valence-electron chi connectivity index (χ2n) is 5.42. The van der Waals surface area contributed by atoms with Crippen molar-refractivity contribution in [1.82, 2.24) is 5.43 Å². The predicted molar refractivity (Wildman–Crippen MR) is 93.3 cm³/mol. The van der Waals surface area contributed by atoms with Crippen LogP contribution in [0.25, 0.3) is 0 Å². The Bertz CT molecular complexity index is 501. The normalized spacial score (nSPS) is 10.7. The van der Waals surface area contributed by atoms with Crippen LogP contribution >= 0.6 is 0 Å². The molecule has 0 aromatic heterocycles. The van der Waals surface area contributed by atoms with E-state index in [2.05, 4.69) is 17.5 Å². The maximum absolute atomic E-state index is 11.7. The lowest BCUT2D eigenvalue weighted by Gasteiger charge is -2.07. The summed E-state index contributed by atoms with van der Waals surface area (Å²) < 4.78 is 10.4. The third kappa shape index (κ3) is 7.68. The Morgan fingerprint density at radius 1 is 1.13 bits per heavy atom. The highest BCUT2D eigenvalue weighted by atomic mass is 16.5. The fourth-order valence-corrected chi connectivity index (χ4v) is 2.22. The molecular formula is C18H28N2O3. The van der Waals surface area contributed by atoms with E-state index in [1.807, 2.05) is 12.1 Å². The van der Waals surface area contributed by atoms with Gasteiger partial charge in [0.25, 0.3) is 0 Å². The first-order valence-corrected chi connectivity index (χ1v) is 8.25. The largest absolute Gasteiger partial charge is 0.497 e. The van der Waals surface area contributed by atoms with Crippen molar-refractivity contribution in [1.29, 1.82) is 0 Å². The zero-order valence-corrected chi connectivity index (χ0v) is 14.4. The van der Waals surface area contributed by atoms with E-state index in [4.69, 9.17) is 9.47 Å². The standard InChI is InChI=1S/C18H28N2O3/c1-4-5-6-7-8-9-10-18(21)20-19-14-15-11-12-16(22-2)13-17(15)23-3/h11-14H,4-10H2,1-3H3,(H,20,21)/b19-14+. The van der Waals surface area contributed by atoms with Crippen LogP contribution < -0.4 is 14.9 Å². The average molecular weight is 320 g/mol. The van der Waals surface area contributed by atoms with E-state index in [0.29, 0.717) is 17.9 Å². The van der Waals surface area contributed by atoms with Crippen LogP contribution in [0.5, 0.6) is 11.5 Å². The summed E-state index contributed by atoms with van der Waals surface area (Å²) in [4.78, 5) is 11.7. The molecule has 0 fully saturated rings. The molecule has 0 saturated heterocycles. The van der Waals surface area contributed by atoms with E-state index in [-0.39, 0.29) is 5.91 Å². The van der Waals surface area contributed by atoms with Crippen molar-refractivity contribution < 1.29 is 14.3 Å². The van der Waals surface area contributed by atoms with Crippen LogP contribution in [0.1, 0.15) is 57.4 Å². The molecule has 0 atom stereocenters. The predicted octanol–water partition coefficient (Wildman–Crippen LogP) is 3.90. The Balaban J connectivity index is 2.33. The quantitative estimate of drug-likeness (QED) is 0.382. The molecule has 1 aromatic rings. The SMILES string of the molecule is CCCCCCCCC(=O)N/N=C/c1ccc(OC)cc1OC. The highest BCUT2D eigenvalue weighted by molar-refractivity contribution is 5.85. The Morgan fingerprint density at radius 2 is 1.87 bits per heavy atom. The number of carbonyl (C=O) groups excluding carboxylic acids is 1. The van der Waals surface area contributed by atoms with Gasteiger partial charge in [0.1, 0.15) is 11.5 Å². The number of rotatable bonds is 11. The Morgan fingerprint density at radius 3 is 2.57 bits per heavy atom. The van der Waals surface area contributed by atoms with Gasteiger partial charge in [-0.3, -0.25) is 4.79 Å². The minimum Gasteiger partial charge on any atom is -0.497 e. The number of hydrogen-bond donors (Lipinski definition) is 1. The number of hydrazone groups is 1. The first-order chi connectivity index (χ1) is 11.2. The third-order valence-corrected chi connectivity index (χ3v) is 3.59. The Hall–Kier alpha value is -2.04. The van der Waals surface area contributed by atoms with Crippen molar-refractivity contribution in [2.45, 2.75) is 51.9 Å². The van der Waals surface area contributed by atoms with E-state index >= 15 is 0 Å². The number of unbranched alkanes of at least 4 members (excludes halogenated alkanes) is 5. The summed E-state index contributed by atoms with van der Waals surface area (Å²) in [6.45, 7) is 2.20. The molecule has 0 aliphatic rings. The lowest BCUT2D eigenvalue weighted by molar-refractivity contribution is -0.121. The van der Waals surface area contributed by atoms with E-state index in [9.17, 15) is 4.79 Å². The van der Waals surface area contributed by atoms with E-state index in [1.54, 1.807) is 26.5 Å². The summed E-state index contributed by atoms with van der Waals surface area (Å²) in [7, 11) is 3.19. The van der Waals surface area contributed by atoms with Gasteiger partial charge in [0, 0.05) is 18.1 Å². The molecule has 1 rings (SSSR count). The molecule has 1 amide bonds. The lowest BCUT2D eigenvalue weighted by atomic mass is 10.1. The highest BCUT2D eigenvalue weighted by Gasteiger charge is 2.03. The molecule has 0 bridgehead atoms. The molecule has 5 nitrogen and oxygen atoms in total. The number of nitrogens with zero attached hydrogens (tertiary/aromatic N) is 1. The molecule has 0 unspecified atom stereocenters. The molecule has 0 aliphatic carbocycles. The number of methoxy groups -OCH3 is 2. The van der Waals surface area contributed by atoms with Crippen molar-refractivity contribution >= 4 is 12.1 Å². The van der Waals surface area contributed by atoms with E-state index in [0.717, 1.165) is 18.4 Å². The molecule has 5 heteroatoms. The zero-order chi connectivity index (χ0) is 16.9. The number of carbonyl (C=O) groups is 1. The average Bonchev–Trinajstić information content (AvgIpc) is 2.58.